The van der Waals surface area contributed by atoms with Crippen LogP contribution in [0.3, 0.4) is 0 Å². The van der Waals surface area contributed by atoms with Crippen LogP contribution in [0.15, 0.2) is 71.0 Å². The summed E-state index contributed by atoms with van der Waals surface area (Å²) in [5.41, 5.74) is 9.94. The van der Waals surface area contributed by atoms with Crippen LogP contribution < -0.4 is 16.5 Å². The van der Waals surface area contributed by atoms with Crippen molar-refractivity contribution in [3.8, 4) is 0 Å². The van der Waals surface area contributed by atoms with Crippen molar-refractivity contribution >= 4 is 11.4 Å². The van der Waals surface area contributed by atoms with Crippen molar-refractivity contribution < 1.29 is 0 Å². The standard InChI is InChI=1S/C12H13N5/c1-3-7-11(8-4-1)13-15-17-16-14-12-9-5-2-6-10-12/h1-10H,(H,15,16)(H2,13,14,17). The zero-order valence-corrected chi connectivity index (χ0v) is 9.17. The summed E-state index contributed by atoms with van der Waals surface area (Å²) < 4.78 is 0. The highest BCUT2D eigenvalue weighted by atomic mass is 15.7. The van der Waals surface area contributed by atoms with Gasteiger partial charge in [0.15, 0.2) is 0 Å². The molecular formula is C12H13N5. The van der Waals surface area contributed by atoms with Crippen LogP contribution in [0.5, 0.6) is 0 Å². The molecule has 0 aliphatic rings. The van der Waals surface area contributed by atoms with Gasteiger partial charge in [-0.2, -0.15) is 0 Å². The molecule has 0 saturated carbocycles. The number of hydrogen-bond acceptors (Lipinski definition) is 4. The summed E-state index contributed by atoms with van der Waals surface area (Å²) in [6.07, 6.45) is 0. The minimum absolute atomic E-state index is 0.793. The average molecular weight is 227 g/mol. The summed E-state index contributed by atoms with van der Waals surface area (Å²) in [7, 11) is 0. The third kappa shape index (κ3) is 3.92. The molecule has 2 aromatic carbocycles. The average Bonchev–Trinajstić information content (AvgIpc) is 2.41. The number of rotatable bonds is 5. The van der Waals surface area contributed by atoms with Gasteiger partial charge in [-0.25, -0.2) is 5.53 Å². The Kier molecular flexibility index (Phi) is 4.07. The quantitative estimate of drug-likeness (QED) is 0.418. The topological polar surface area (TPSA) is 60.8 Å². The molecule has 0 bridgehead atoms. The zero-order valence-electron chi connectivity index (χ0n) is 9.17. The summed E-state index contributed by atoms with van der Waals surface area (Å²) in [5, 5.41) is 7.71. The summed E-state index contributed by atoms with van der Waals surface area (Å²) in [6, 6.07) is 19.2. The van der Waals surface area contributed by atoms with Gasteiger partial charge in [-0.05, 0) is 24.3 Å². The third-order valence-electron chi connectivity index (χ3n) is 2.01. The molecule has 0 fully saturated rings. The van der Waals surface area contributed by atoms with Gasteiger partial charge >= 0.3 is 0 Å². The first-order valence-corrected chi connectivity index (χ1v) is 5.22. The molecule has 86 valence electrons. The molecule has 0 aliphatic heterocycles. The van der Waals surface area contributed by atoms with Gasteiger partial charge in [0.25, 0.3) is 0 Å². The maximum atomic E-state index is 3.95. The minimum atomic E-state index is 0.793. The summed E-state index contributed by atoms with van der Waals surface area (Å²) in [4.78, 5) is 0. The van der Waals surface area contributed by atoms with E-state index in [0.717, 1.165) is 11.4 Å². The largest absolute Gasteiger partial charge is 0.303 e. The summed E-state index contributed by atoms with van der Waals surface area (Å²) in [5.74, 6) is 0. The van der Waals surface area contributed by atoms with E-state index in [9.17, 15) is 0 Å². The summed E-state index contributed by atoms with van der Waals surface area (Å²) in [6.45, 7) is 0. The fourth-order valence-electron chi connectivity index (χ4n) is 1.22. The lowest BCUT2D eigenvalue weighted by Gasteiger charge is -2.05. The van der Waals surface area contributed by atoms with Crippen molar-refractivity contribution in [3.05, 3.63) is 60.7 Å². The molecule has 0 aromatic heterocycles. The van der Waals surface area contributed by atoms with Crippen LogP contribution in [-0.4, -0.2) is 0 Å². The Morgan fingerprint density at radius 1 is 0.765 bits per heavy atom. The van der Waals surface area contributed by atoms with Crippen LogP contribution in [0.4, 0.5) is 11.4 Å². The molecular weight excluding hydrogens is 214 g/mol. The van der Waals surface area contributed by atoms with Crippen LogP contribution in [0, 0.1) is 0 Å². The fraction of sp³-hybridized carbons (Fsp3) is 0. The van der Waals surface area contributed by atoms with Crippen LogP contribution in [0.1, 0.15) is 0 Å². The van der Waals surface area contributed by atoms with Gasteiger partial charge in [0, 0.05) is 0 Å². The molecule has 2 rings (SSSR count). The highest BCUT2D eigenvalue weighted by molar-refractivity contribution is 5.41. The van der Waals surface area contributed by atoms with Gasteiger partial charge in [0.2, 0.25) is 0 Å². The SMILES string of the molecule is c1ccc(N=NNNNc2ccccc2)cc1. The Morgan fingerprint density at radius 2 is 1.41 bits per heavy atom. The number of benzene rings is 2. The molecule has 17 heavy (non-hydrogen) atoms. The van der Waals surface area contributed by atoms with E-state index in [2.05, 4.69) is 26.8 Å². The molecule has 5 nitrogen and oxygen atoms in total. The predicted octanol–water partition coefficient (Wildman–Crippen LogP) is 2.81. The van der Waals surface area contributed by atoms with E-state index >= 15 is 0 Å². The van der Waals surface area contributed by atoms with Crippen molar-refractivity contribution in [3.63, 3.8) is 0 Å². The van der Waals surface area contributed by atoms with Gasteiger partial charge in [-0.3, -0.25) is 0 Å². The number of hydrogen-bond donors (Lipinski definition) is 3. The highest BCUT2D eigenvalue weighted by Crippen LogP contribution is 2.08. The van der Waals surface area contributed by atoms with E-state index in [1.54, 1.807) is 0 Å². The lowest BCUT2D eigenvalue weighted by molar-refractivity contribution is 0.594. The molecule has 0 saturated heterocycles. The number of para-hydroxylation sites is 1. The Labute approximate surface area is 99.5 Å². The molecule has 2 aromatic rings. The second-order valence-corrected chi connectivity index (χ2v) is 3.26. The first kappa shape index (κ1) is 11.1. The van der Waals surface area contributed by atoms with Crippen LogP contribution in [-0.2, 0) is 0 Å². The Morgan fingerprint density at radius 3 is 2.12 bits per heavy atom. The lowest BCUT2D eigenvalue weighted by atomic mass is 10.3. The summed E-state index contributed by atoms with van der Waals surface area (Å²) >= 11 is 0. The number of nitrogens with one attached hydrogen (secondary N) is 3. The van der Waals surface area contributed by atoms with Gasteiger partial charge in [0.05, 0.1) is 11.4 Å². The maximum Gasteiger partial charge on any atom is 0.0874 e. The van der Waals surface area contributed by atoms with Crippen molar-refractivity contribution in [1.82, 2.24) is 11.1 Å². The highest BCUT2D eigenvalue weighted by Gasteiger charge is 1.86. The van der Waals surface area contributed by atoms with Crippen molar-refractivity contribution in [2.45, 2.75) is 0 Å². The number of anilines is 1. The molecule has 0 amide bonds. The van der Waals surface area contributed by atoms with E-state index in [0.29, 0.717) is 0 Å². The Bertz CT molecular complexity index is 455. The van der Waals surface area contributed by atoms with Gasteiger partial charge in [0.1, 0.15) is 0 Å². The van der Waals surface area contributed by atoms with Gasteiger partial charge < -0.3 is 5.43 Å². The molecule has 0 atom stereocenters. The third-order valence-corrected chi connectivity index (χ3v) is 2.01. The Hall–Kier alpha value is -2.40. The lowest BCUT2D eigenvalue weighted by Crippen LogP contribution is -2.32. The zero-order chi connectivity index (χ0) is 11.8. The van der Waals surface area contributed by atoms with Crippen LogP contribution in [0.2, 0.25) is 0 Å². The van der Waals surface area contributed by atoms with Crippen molar-refractivity contribution in [1.29, 1.82) is 0 Å². The van der Waals surface area contributed by atoms with Crippen LogP contribution >= 0.6 is 0 Å². The second-order valence-electron chi connectivity index (χ2n) is 3.26. The first-order chi connectivity index (χ1) is 8.45. The van der Waals surface area contributed by atoms with Crippen molar-refractivity contribution in [2.24, 2.45) is 10.3 Å². The van der Waals surface area contributed by atoms with Gasteiger partial charge in [-0.15, -0.1) is 10.6 Å². The smallest absolute Gasteiger partial charge is 0.0874 e. The van der Waals surface area contributed by atoms with Crippen LogP contribution in [0.25, 0.3) is 0 Å². The normalized spacial score (nSPS) is 10.4. The number of hydrazine groups is 2. The van der Waals surface area contributed by atoms with E-state index in [-0.39, 0.29) is 0 Å². The van der Waals surface area contributed by atoms with E-state index < -0.39 is 0 Å². The van der Waals surface area contributed by atoms with E-state index in [4.69, 9.17) is 0 Å². The van der Waals surface area contributed by atoms with E-state index in [1.807, 2.05) is 60.7 Å². The minimum Gasteiger partial charge on any atom is -0.303 e. The molecule has 0 radical (unpaired) electrons. The maximum absolute atomic E-state index is 3.95. The molecule has 0 spiro atoms. The molecule has 0 aliphatic carbocycles. The molecule has 0 heterocycles. The fourth-order valence-corrected chi connectivity index (χ4v) is 1.22. The van der Waals surface area contributed by atoms with Crippen molar-refractivity contribution in [2.75, 3.05) is 5.43 Å². The van der Waals surface area contributed by atoms with E-state index in [1.165, 1.54) is 0 Å². The molecule has 0 unspecified atom stereocenters. The predicted molar refractivity (Wildman–Crippen MR) is 67.3 cm³/mol. The molecule has 3 N–H and O–H groups in total. The first-order valence-electron chi connectivity index (χ1n) is 5.22. The van der Waals surface area contributed by atoms with Gasteiger partial charge in [-0.1, -0.05) is 41.6 Å². The second kappa shape index (κ2) is 6.24. The molecule has 5 heteroatoms. The number of nitrogens with zero attached hydrogens (tertiary/aromatic N) is 2. The monoisotopic (exact) mass is 227 g/mol. The Balaban J connectivity index is 1.72.